The highest BCUT2D eigenvalue weighted by molar-refractivity contribution is 7.09. The first-order chi connectivity index (χ1) is 11.6. The molecule has 0 saturated carbocycles. The number of aliphatic hydroxyl groups excluding tert-OH is 1. The fourth-order valence-electron chi connectivity index (χ4n) is 2.98. The fraction of sp³-hybridized carbons (Fsp3) is 0.471. The number of nitrogens with zero attached hydrogens (tertiary/aromatic N) is 3. The van der Waals surface area contributed by atoms with Crippen LogP contribution in [-0.2, 0) is 6.54 Å². The largest absolute Gasteiger partial charge is 0.387 e. The summed E-state index contributed by atoms with van der Waals surface area (Å²) in [4.78, 5) is 22.6. The van der Waals surface area contributed by atoms with Gasteiger partial charge >= 0.3 is 6.03 Å². The van der Waals surface area contributed by atoms with Gasteiger partial charge in [0.25, 0.3) is 0 Å². The Kier molecular flexibility index (Phi) is 5.42. The zero-order valence-corrected chi connectivity index (χ0v) is 14.5. The lowest BCUT2D eigenvalue weighted by Gasteiger charge is -2.34. The molecule has 2 amide bonds. The molecule has 0 bridgehead atoms. The lowest BCUT2D eigenvalue weighted by atomic mass is 9.89. The average Bonchev–Trinajstić information content (AvgIpc) is 3.05. The van der Waals surface area contributed by atoms with Crippen molar-refractivity contribution in [2.45, 2.75) is 32.4 Å². The number of piperidine rings is 1. The highest BCUT2D eigenvalue weighted by Crippen LogP contribution is 2.29. The minimum atomic E-state index is -0.561. The Morgan fingerprint density at radius 2 is 2.25 bits per heavy atom. The Bertz CT molecular complexity index is 668. The van der Waals surface area contributed by atoms with Gasteiger partial charge in [0.1, 0.15) is 0 Å². The molecule has 3 heterocycles. The molecule has 0 aromatic carbocycles. The van der Waals surface area contributed by atoms with E-state index < -0.39 is 6.10 Å². The van der Waals surface area contributed by atoms with Crippen molar-refractivity contribution in [1.29, 1.82) is 0 Å². The summed E-state index contributed by atoms with van der Waals surface area (Å²) in [6.07, 6.45) is 2.69. The number of hydrogen-bond acceptors (Lipinski definition) is 5. The Balaban J connectivity index is 1.47. The first-order valence-corrected chi connectivity index (χ1v) is 9.04. The third kappa shape index (κ3) is 4.10. The third-order valence-electron chi connectivity index (χ3n) is 4.35. The van der Waals surface area contributed by atoms with E-state index in [-0.39, 0.29) is 11.9 Å². The number of aryl methyl sites for hydroxylation is 1. The number of hydrogen-bond donors (Lipinski definition) is 2. The van der Waals surface area contributed by atoms with Crippen molar-refractivity contribution in [2.24, 2.45) is 5.92 Å². The molecule has 1 aliphatic heterocycles. The number of nitrogens with one attached hydrogen (secondary N) is 1. The number of pyridine rings is 1. The van der Waals surface area contributed by atoms with Crippen LogP contribution >= 0.6 is 11.3 Å². The summed E-state index contributed by atoms with van der Waals surface area (Å²) in [6, 6.07) is 5.51. The molecule has 2 aromatic heterocycles. The summed E-state index contributed by atoms with van der Waals surface area (Å²) in [5.74, 6) is 0.144. The number of aromatic nitrogens is 2. The maximum atomic E-state index is 12.2. The molecule has 128 valence electrons. The third-order valence-corrected chi connectivity index (χ3v) is 5.17. The topological polar surface area (TPSA) is 78.4 Å². The van der Waals surface area contributed by atoms with Gasteiger partial charge in [-0.15, -0.1) is 11.3 Å². The molecule has 7 heteroatoms. The Hall–Kier alpha value is -1.99. The van der Waals surface area contributed by atoms with Crippen molar-refractivity contribution in [1.82, 2.24) is 20.2 Å². The average molecular weight is 346 g/mol. The van der Waals surface area contributed by atoms with Crippen LogP contribution < -0.4 is 5.32 Å². The van der Waals surface area contributed by atoms with Crippen LogP contribution in [-0.4, -0.2) is 39.1 Å². The zero-order chi connectivity index (χ0) is 16.9. The van der Waals surface area contributed by atoms with E-state index >= 15 is 0 Å². The van der Waals surface area contributed by atoms with Crippen molar-refractivity contribution in [2.75, 3.05) is 13.1 Å². The van der Waals surface area contributed by atoms with Crippen LogP contribution in [0.3, 0.4) is 0 Å². The molecule has 2 N–H and O–H groups in total. The summed E-state index contributed by atoms with van der Waals surface area (Å²) >= 11 is 1.58. The number of carbonyl (C=O) groups excluding carboxylic acids is 1. The Morgan fingerprint density at radius 3 is 2.88 bits per heavy atom. The van der Waals surface area contributed by atoms with E-state index in [1.54, 1.807) is 22.4 Å². The van der Waals surface area contributed by atoms with E-state index in [0.29, 0.717) is 25.3 Å². The van der Waals surface area contributed by atoms with Crippen LogP contribution in [0.1, 0.15) is 35.3 Å². The summed E-state index contributed by atoms with van der Waals surface area (Å²) in [6.45, 7) is 3.71. The molecule has 24 heavy (non-hydrogen) atoms. The predicted octanol–water partition coefficient (Wildman–Crippen LogP) is 2.50. The summed E-state index contributed by atoms with van der Waals surface area (Å²) in [5, 5.41) is 16.3. The van der Waals surface area contributed by atoms with Gasteiger partial charge in [0.15, 0.2) is 0 Å². The van der Waals surface area contributed by atoms with E-state index in [1.165, 1.54) is 0 Å². The van der Waals surface area contributed by atoms with Crippen molar-refractivity contribution in [3.63, 3.8) is 0 Å². The predicted molar refractivity (Wildman–Crippen MR) is 92.6 cm³/mol. The van der Waals surface area contributed by atoms with Crippen LogP contribution in [0.5, 0.6) is 0 Å². The van der Waals surface area contributed by atoms with Crippen LogP contribution in [0.25, 0.3) is 0 Å². The smallest absolute Gasteiger partial charge is 0.317 e. The van der Waals surface area contributed by atoms with Gasteiger partial charge in [-0.3, -0.25) is 4.98 Å². The lowest BCUT2D eigenvalue weighted by Crippen LogP contribution is -2.45. The molecule has 3 rings (SSSR count). The van der Waals surface area contributed by atoms with E-state index in [0.717, 1.165) is 23.5 Å². The SMILES string of the molecule is Cc1nc(CNC(=O)N2CCC([C@@H](O)c3ccccn3)CC2)cs1. The second-order valence-electron chi connectivity index (χ2n) is 6.04. The number of thiazole rings is 1. The van der Waals surface area contributed by atoms with Gasteiger partial charge in [-0.25, -0.2) is 9.78 Å². The van der Waals surface area contributed by atoms with Crippen LogP contribution in [0.15, 0.2) is 29.8 Å². The number of aliphatic hydroxyl groups is 1. The molecule has 0 aliphatic carbocycles. The minimum Gasteiger partial charge on any atom is -0.387 e. The van der Waals surface area contributed by atoms with Crippen LogP contribution in [0.4, 0.5) is 4.79 Å². The highest BCUT2D eigenvalue weighted by atomic mass is 32.1. The first kappa shape index (κ1) is 16.9. The van der Waals surface area contributed by atoms with E-state index in [2.05, 4.69) is 15.3 Å². The molecule has 6 nitrogen and oxygen atoms in total. The van der Waals surface area contributed by atoms with Crippen molar-refractivity contribution in [3.05, 3.63) is 46.2 Å². The molecule has 1 aliphatic rings. The number of rotatable bonds is 4. The van der Waals surface area contributed by atoms with Gasteiger partial charge in [-0.2, -0.15) is 0 Å². The summed E-state index contributed by atoms with van der Waals surface area (Å²) in [7, 11) is 0. The number of amides is 2. The molecular weight excluding hydrogens is 324 g/mol. The number of urea groups is 1. The summed E-state index contributed by atoms with van der Waals surface area (Å²) < 4.78 is 0. The zero-order valence-electron chi connectivity index (χ0n) is 13.7. The van der Waals surface area contributed by atoms with Gasteiger partial charge in [0.2, 0.25) is 0 Å². The number of likely N-dealkylation sites (tertiary alicyclic amines) is 1. The van der Waals surface area contributed by atoms with Gasteiger partial charge in [0, 0.05) is 24.7 Å². The molecule has 2 aromatic rings. The minimum absolute atomic E-state index is 0.0635. The normalized spacial score (nSPS) is 16.8. The second kappa shape index (κ2) is 7.72. The molecule has 1 atom stereocenters. The fourth-order valence-corrected chi connectivity index (χ4v) is 3.59. The standard InChI is InChI=1S/C17H22N4O2S/c1-12-20-14(11-24-12)10-19-17(23)21-8-5-13(6-9-21)16(22)15-4-2-3-7-18-15/h2-4,7,11,13,16,22H,5-6,8-10H2,1H3,(H,19,23)/t16-/m1/s1. The quantitative estimate of drug-likeness (QED) is 0.891. The molecule has 0 unspecified atom stereocenters. The molecule has 0 spiro atoms. The molecule has 0 radical (unpaired) electrons. The molecular formula is C17H22N4O2S. The molecule has 1 saturated heterocycles. The highest BCUT2D eigenvalue weighted by Gasteiger charge is 2.28. The van der Waals surface area contributed by atoms with Crippen molar-refractivity contribution >= 4 is 17.4 Å². The van der Waals surface area contributed by atoms with Gasteiger partial charge in [0.05, 0.1) is 29.0 Å². The van der Waals surface area contributed by atoms with Crippen LogP contribution in [0, 0.1) is 12.8 Å². The van der Waals surface area contributed by atoms with Crippen molar-refractivity contribution < 1.29 is 9.90 Å². The lowest BCUT2D eigenvalue weighted by molar-refractivity contribution is 0.0635. The van der Waals surface area contributed by atoms with Gasteiger partial charge in [-0.1, -0.05) is 6.07 Å². The van der Waals surface area contributed by atoms with E-state index in [4.69, 9.17) is 0 Å². The van der Waals surface area contributed by atoms with E-state index in [1.807, 2.05) is 30.5 Å². The first-order valence-electron chi connectivity index (χ1n) is 8.16. The monoisotopic (exact) mass is 346 g/mol. The maximum absolute atomic E-state index is 12.2. The van der Waals surface area contributed by atoms with Gasteiger partial charge in [-0.05, 0) is 37.8 Å². The Morgan fingerprint density at radius 1 is 1.46 bits per heavy atom. The Labute approximate surface area is 145 Å². The molecule has 1 fully saturated rings. The van der Waals surface area contributed by atoms with E-state index in [9.17, 15) is 9.90 Å². The van der Waals surface area contributed by atoms with Crippen molar-refractivity contribution in [3.8, 4) is 0 Å². The van der Waals surface area contributed by atoms with Crippen LogP contribution in [0.2, 0.25) is 0 Å². The summed E-state index contributed by atoms with van der Waals surface area (Å²) in [5.41, 5.74) is 1.60. The number of carbonyl (C=O) groups is 1. The maximum Gasteiger partial charge on any atom is 0.317 e. The second-order valence-corrected chi connectivity index (χ2v) is 7.10. The van der Waals surface area contributed by atoms with Gasteiger partial charge < -0.3 is 15.3 Å².